The van der Waals surface area contributed by atoms with Crippen LogP contribution in [0.5, 0.6) is 0 Å². The predicted octanol–water partition coefficient (Wildman–Crippen LogP) is 1.11. The molecule has 88 valence electrons. The molecule has 1 heterocycles. The standard InChI is InChI=1S/C12H17NO3/c1-7-5-10(14)13(11(7)15)8-6-9(16-4)12(8,2)3/h5,8-9H,6H2,1-4H3. The monoisotopic (exact) mass is 223 g/mol. The molecule has 2 rings (SSSR count). The Hall–Kier alpha value is -1.16. The molecular weight excluding hydrogens is 206 g/mol. The van der Waals surface area contributed by atoms with Gasteiger partial charge in [-0.25, -0.2) is 0 Å². The molecule has 2 unspecified atom stereocenters. The fourth-order valence-electron chi connectivity index (χ4n) is 2.60. The van der Waals surface area contributed by atoms with Gasteiger partial charge in [-0.15, -0.1) is 0 Å². The first-order valence-corrected chi connectivity index (χ1v) is 5.48. The third-order valence-electron chi connectivity index (χ3n) is 3.86. The van der Waals surface area contributed by atoms with Crippen LogP contribution in [0.1, 0.15) is 27.2 Å². The highest BCUT2D eigenvalue weighted by Gasteiger charge is 2.54. The van der Waals surface area contributed by atoms with Crippen molar-refractivity contribution in [2.75, 3.05) is 7.11 Å². The molecule has 0 aromatic carbocycles. The van der Waals surface area contributed by atoms with E-state index in [-0.39, 0.29) is 29.4 Å². The molecule has 2 aliphatic rings. The Morgan fingerprint density at radius 2 is 2.06 bits per heavy atom. The lowest BCUT2D eigenvalue weighted by Gasteiger charge is -2.53. The molecule has 0 bridgehead atoms. The average Bonchev–Trinajstić information content (AvgIpc) is 2.44. The van der Waals surface area contributed by atoms with Crippen LogP contribution in [0.3, 0.4) is 0 Å². The Bertz CT molecular complexity index is 384. The second-order valence-corrected chi connectivity index (χ2v) is 5.14. The van der Waals surface area contributed by atoms with Crippen LogP contribution in [0.2, 0.25) is 0 Å². The maximum atomic E-state index is 11.8. The van der Waals surface area contributed by atoms with Crippen LogP contribution >= 0.6 is 0 Å². The van der Waals surface area contributed by atoms with Gasteiger partial charge in [0.2, 0.25) is 0 Å². The number of methoxy groups -OCH3 is 1. The molecule has 2 atom stereocenters. The van der Waals surface area contributed by atoms with E-state index < -0.39 is 0 Å². The Morgan fingerprint density at radius 3 is 2.44 bits per heavy atom. The third-order valence-corrected chi connectivity index (χ3v) is 3.86. The topological polar surface area (TPSA) is 46.6 Å². The van der Waals surface area contributed by atoms with Gasteiger partial charge in [-0.3, -0.25) is 14.5 Å². The fourth-order valence-corrected chi connectivity index (χ4v) is 2.60. The quantitative estimate of drug-likeness (QED) is 0.659. The number of imide groups is 1. The molecule has 1 aliphatic carbocycles. The largest absolute Gasteiger partial charge is 0.381 e. The summed E-state index contributed by atoms with van der Waals surface area (Å²) in [5.41, 5.74) is 0.375. The van der Waals surface area contributed by atoms with Crippen LogP contribution in [0.25, 0.3) is 0 Å². The molecule has 0 spiro atoms. The van der Waals surface area contributed by atoms with Gasteiger partial charge in [0, 0.05) is 24.2 Å². The van der Waals surface area contributed by atoms with Crippen LogP contribution < -0.4 is 0 Å². The summed E-state index contributed by atoms with van der Waals surface area (Å²) in [4.78, 5) is 24.9. The van der Waals surface area contributed by atoms with Gasteiger partial charge in [0.1, 0.15) is 0 Å². The molecule has 1 fully saturated rings. The summed E-state index contributed by atoms with van der Waals surface area (Å²) in [6.45, 7) is 5.74. The van der Waals surface area contributed by atoms with E-state index in [2.05, 4.69) is 0 Å². The maximum Gasteiger partial charge on any atom is 0.256 e. The van der Waals surface area contributed by atoms with E-state index in [0.717, 1.165) is 6.42 Å². The second kappa shape index (κ2) is 3.42. The number of nitrogens with zero attached hydrogens (tertiary/aromatic N) is 1. The van der Waals surface area contributed by atoms with Crippen molar-refractivity contribution in [3.05, 3.63) is 11.6 Å². The number of amides is 2. The van der Waals surface area contributed by atoms with Crippen molar-refractivity contribution in [3.63, 3.8) is 0 Å². The van der Waals surface area contributed by atoms with E-state index >= 15 is 0 Å². The normalized spacial score (nSPS) is 32.8. The number of rotatable bonds is 2. The van der Waals surface area contributed by atoms with Crippen molar-refractivity contribution in [3.8, 4) is 0 Å². The fraction of sp³-hybridized carbons (Fsp3) is 0.667. The number of hydrogen-bond donors (Lipinski definition) is 0. The summed E-state index contributed by atoms with van der Waals surface area (Å²) in [7, 11) is 1.67. The van der Waals surface area contributed by atoms with Gasteiger partial charge in [-0.05, 0) is 13.3 Å². The zero-order valence-electron chi connectivity index (χ0n) is 10.1. The van der Waals surface area contributed by atoms with Crippen LogP contribution in [-0.2, 0) is 14.3 Å². The van der Waals surface area contributed by atoms with Gasteiger partial charge in [-0.2, -0.15) is 0 Å². The summed E-state index contributed by atoms with van der Waals surface area (Å²) in [6.07, 6.45) is 2.28. The third kappa shape index (κ3) is 1.33. The van der Waals surface area contributed by atoms with Crippen LogP contribution in [0.4, 0.5) is 0 Å². The Labute approximate surface area is 95.2 Å². The van der Waals surface area contributed by atoms with Gasteiger partial charge >= 0.3 is 0 Å². The maximum absolute atomic E-state index is 11.8. The average molecular weight is 223 g/mol. The molecule has 0 aromatic rings. The number of carbonyl (C=O) groups is 2. The van der Waals surface area contributed by atoms with Gasteiger partial charge in [-0.1, -0.05) is 13.8 Å². The van der Waals surface area contributed by atoms with Gasteiger partial charge < -0.3 is 4.74 Å². The molecule has 0 saturated heterocycles. The van der Waals surface area contributed by atoms with Crippen molar-refractivity contribution in [2.45, 2.75) is 39.3 Å². The lowest BCUT2D eigenvalue weighted by molar-refractivity contribution is -0.165. The van der Waals surface area contributed by atoms with Gasteiger partial charge in [0.05, 0.1) is 12.1 Å². The first kappa shape index (κ1) is 11.3. The number of hydrogen-bond acceptors (Lipinski definition) is 3. The highest BCUT2D eigenvalue weighted by Crippen LogP contribution is 2.46. The molecule has 0 N–H and O–H groups in total. The minimum atomic E-state index is -0.185. The first-order valence-electron chi connectivity index (χ1n) is 5.48. The van der Waals surface area contributed by atoms with Crippen molar-refractivity contribution >= 4 is 11.8 Å². The van der Waals surface area contributed by atoms with Crippen molar-refractivity contribution in [2.24, 2.45) is 5.41 Å². The highest BCUT2D eigenvalue weighted by atomic mass is 16.5. The number of ether oxygens (including phenoxy) is 1. The van der Waals surface area contributed by atoms with Crippen LogP contribution in [0.15, 0.2) is 11.6 Å². The van der Waals surface area contributed by atoms with Crippen molar-refractivity contribution in [1.29, 1.82) is 0 Å². The molecule has 0 radical (unpaired) electrons. The van der Waals surface area contributed by atoms with E-state index in [0.29, 0.717) is 5.57 Å². The van der Waals surface area contributed by atoms with E-state index in [1.165, 1.54) is 11.0 Å². The summed E-state index contributed by atoms with van der Waals surface area (Å²) in [5.74, 6) is -0.340. The molecule has 0 aromatic heterocycles. The lowest BCUT2D eigenvalue weighted by atomic mass is 9.63. The van der Waals surface area contributed by atoms with Crippen LogP contribution in [0, 0.1) is 5.41 Å². The van der Waals surface area contributed by atoms with Crippen molar-refractivity contribution in [1.82, 2.24) is 4.90 Å². The van der Waals surface area contributed by atoms with E-state index in [1.807, 2.05) is 13.8 Å². The minimum absolute atomic E-state index is 0.0360. The SMILES string of the molecule is COC1CC(N2C(=O)C=C(C)C2=O)C1(C)C. The summed E-state index contributed by atoms with van der Waals surface area (Å²) in [6, 6.07) is -0.0360. The summed E-state index contributed by atoms with van der Waals surface area (Å²) >= 11 is 0. The Kier molecular flexibility index (Phi) is 2.42. The molecule has 4 nitrogen and oxygen atoms in total. The van der Waals surface area contributed by atoms with Gasteiger partial charge in [0.25, 0.3) is 11.8 Å². The molecule has 16 heavy (non-hydrogen) atoms. The Morgan fingerprint density at radius 1 is 1.44 bits per heavy atom. The van der Waals surface area contributed by atoms with Crippen molar-refractivity contribution < 1.29 is 14.3 Å². The summed E-state index contributed by atoms with van der Waals surface area (Å²) < 4.78 is 5.32. The molecule has 1 aliphatic heterocycles. The lowest BCUT2D eigenvalue weighted by Crippen LogP contribution is -2.63. The highest BCUT2D eigenvalue weighted by molar-refractivity contribution is 6.16. The second-order valence-electron chi connectivity index (χ2n) is 5.14. The Balaban J connectivity index is 2.18. The molecular formula is C12H17NO3. The number of carbonyl (C=O) groups excluding carboxylic acids is 2. The predicted molar refractivity (Wildman–Crippen MR) is 58.6 cm³/mol. The molecule has 1 saturated carbocycles. The smallest absolute Gasteiger partial charge is 0.256 e. The zero-order valence-corrected chi connectivity index (χ0v) is 10.1. The van der Waals surface area contributed by atoms with E-state index in [1.54, 1.807) is 14.0 Å². The van der Waals surface area contributed by atoms with Crippen LogP contribution in [-0.4, -0.2) is 36.0 Å². The molecule has 2 amide bonds. The van der Waals surface area contributed by atoms with E-state index in [4.69, 9.17) is 4.74 Å². The van der Waals surface area contributed by atoms with E-state index in [9.17, 15) is 9.59 Å². The molecule has 4 heteroatoms. The zero-order chi connectivity index (χ0) is 12.1. The van der Waals surface area contributed by atoms with Gasteiger partial charge in [0.15, 0.2) is 0 Å². The minimum Gasteiger partial charge on any atom is -0.381 e. The first-order chi connectivity index (χ1) is 7.39. The summed E-state index contributed by atoms with van der Waals surface area (Å²) in [5, 5.41) is 0.